The molecule has 4 atom stereocenters. The van der Waals surface area contributed by atoms with Crippen molar-refractivity contribution in [1.82, 2.24) is 0 Å². The molecule has 0 spiro atoms. The van der Waals surface area contributed by atoms with Gasteiger partial charge in [-0.15, -0.1) is 6.58 Å². The van der Waals surface area contributed by atoms with E-state index in [9.17, 15) is 0 Å². The van der Waals surface area contributed by atoms with Gasteiger partial charge in [0.1, 0.15) is 11.9 Å². The van der Waals surface area contributed by atoms with E-state index in [0.29, 0.717) is 13.2 Å². The summed E-state index contributed by atoms with van der Waals surface area (Å²) in [5, 5.41) is 0. The van der Waals surface area contributed by atoms with Crippen LogP contribution < -0.4 is 4.74 Å². The monoisotopic (exact) mass is 334 g/mol. The van der Waals surface area contributed by atoms with Crippen LogP contribution in [-0.2, 0) is 25.6 Å². The van der Waals surface area contributed by atoms with Crippen molar-refractivity contribution >= 4 is 0 Å². The standard InChI is InChI=1S/C19H26O5/c1-5-16-15(17-18(22-16)24-19(2,3)23-17)10-11-21-12-13-6-8-14(20-4)9-7-13/h5-9,15-18H,1,10-12H2,2-4H3/t15-,16-,17-,18-/m1/s1. The van der Waals surface area contributed by atoms with Crippen LogP contribution in [0, 0.1) is 5.92 Å². The number of methoxy groups -OCH3 is 1. The molecule has 2 heterocycles. The quantitative estimate of drug-likeness (QED) is 0.566. The van der Waals surface area contributed by atoms with Crippen molar-refractivity contribution in [3.05, 3.63) is 42.5 Å². The summed E-state index contributed by atoms with van der Waals surface area (Å²) in [6.45, 7) is 8.90. The molecule has 0 unspecified atom stereocenters. The van der Waals surface area contributed by atoms with E-state index in [1.807, 2.05) is 44.2 Å². The summed E-state index contributed by atoms with van der Waals surface area (Å²) in [6, 6.07) is 7.90. The van der Waals surface area contributed by atoms with Crippen LogP contribution in [0.2, 0.25) is 0 Å². The van der Waals surface area contributed by atoms with Gasteiger partial charge < -0.3 is 23.7 Å². The van der Waals surface area contributed by atoms with Crippen molar-refractivity contribution in [2.75, 3.05) is 13.7 Å². The lowest BCUT2D eigenvalue weighted by Crippen LogP contribution is -2.30. The number of hydrogen-bond donors (Lipinski definition) is 0. The molecule has 5 nitrogen and oxygen atoms in total. The molecule has 3 rings (SSSR count). The summed E-state index contributed by atoms with van der Waals surface area (Å²) < 4.78 is 28.6. The van der Waals surface area contributed by atoms with Gasteiger partial charge in [0, 0.05) is 12.5 Å². The van der Waals surface area contributed by atoms with Gasteiger partial charge in [0.05, 0.1) is 19.8 Å². The van der Waals surface area contributed by atoms with Crippen LogP contribution in [0.3, 0.4) is 0 Å². The van der Waals surface area contributed by atoms with E-state index >= 15 is 0 Å². The number of fused-ring (bicyclic) bond motifs is 1. The van der Waals surface area contributed by atoms with E-state index < -0.39 is 5.79 Å². The van der Waals surface area contributed by atoms with Crippen molar-refractivity contribution in [2.45, 2.75) is 51.2 Å². The molecule has 0 radical (unpaired) electrons. The van der Waals surface area contributed by atoms with Crippen LogP contribution >= 0.6 is 0 Å². The fourth-order valence-corrected chi connectivity index (χ4v) is 3.29. The highest BCUT2D eigenvalue weighted by Gasteiger charge is 2.53. The van der Waals surface area contributed by atoms with Crippen molar-refractivity contribution < 1.29 is 23.7 Å². The van der Waals surface area contributed by atoms with E-state index in [0.717, 1.165) is 17.7 Å². The highest BCUT2D eigenvalue weighted by molar-refractivity contribution is 5.26. The number of rotatable bonds is 7. The van der Waals surface area contributed by atoms with E-state index in [1.54, 1.807) is 7.11 Å². The van der Waals surface area contributed by atoms with Gasteiger partial charge >= 0.3 is 0 Å². The third-order valence-electron chi connectivity index (χ3n) is 4.48. The van der Waals surface area contributed by atoms with E-state index in [-0.39, 0.29) is 24.4 Å². The minimum absolute atomic E-state index is 0.0549. The minimum atomic E-state index is -0.594. The first-order valence-electron chi connectivity index (χ1n) is 8.37. The Labute approximate surface area is 143 Å². The highest BCUT2D eigenvalue weighted by atomic mass is 16.8. The van der Waals surface area contributed by atoms with E-state index in [2.05, 4.69) is 6.58 Å². The van der Waals surface area contributed by atoms with Gasteiger partial charge in [0.25, 0.3) is 0 Å². The van der Waals surface area contributed by atoms with Crippen molar-refractivity contribution in [3.8, 4) is 5.75 Å². The zero-order chi connectivity index (χ0) is 17.2. The summed E-state index contributed by atoms with van der Waals surface area (Å²) in [5.74, 6) is 0.455. The smallest absolute Gasteiger partial charge is 0.188 e. The largest absolute Gasteiger partial charge is 0.497 e. The first-order valence-corrected chi connectivity index (χ1v) is 8.37. The summed E-state index contributed by atoms with van der Waals surface area (Å²) >= 11 is 0. The Morgan fingerprint density at radius 1 is 1.21 bits per heavy atom. The molecule has 2 saturated heterocycles. The molecule has 1 aromatic carbocycles. The summed E-state index contributed by atoms with van der Waals surface area (Å²) in [4.78, 5) is 0. The lowest BCUT2D eigenvalue weighted by Gasteiger charge is -2.24. The maximum atomic E-state index is 5.99. The number of hydrogen-bond acceptors (Lipinski definition) is 5. The van der Waals surface area contributed by atoms with E-state index in [1.165, 1.54) is 0 Å². The van der Waals surface area contributed by atoms with Crippen molar-refractivity contribution in [1.29, 1.82) is 0 Å². The fraction of sp³-hybridized carbons (Fsp3) is 0.579. The minimum Gasteiger partial charge on any atom is -0.497 e. The van der Waals surface area contributed by atoms with Gasteiger partial charge in [0.2, 0.25) is 0 Å². The Balaban J connectivity index is 1.48. The number of benzene rings is 1. The normalized spacial score (nSPS) is 31.0. The molecule has 0 N–H and O–H groups in total. The molecular weight excluding hydrogens is 308 g/mol. The zero-order valence-corrected chi connectivity index (χ0v) is 14.6. The molecular formula is C19H26O5. The van der Waals surface area contributed by atoms with Gasteiger partial charge in [0.15, 0.2) is 12.1 Å². The van der Waals surface area contributed by atoms with Crippen LogP contribution in [-0.4, -0.2) is 38.0 Å². The topological polar surface area (TPSA) is 46.2 Å². The third-order valence-corrected chi connectivity index (χ3v) is 4.48. The van der Waals surface area contributed by atoms with Crippen LogP contribution in [0.1, 0.15) is 25.8 Å². The molecule has 2 fully saturated rings. The zero-order valence-electron chi connectivity index (χ0n) is 14.6. The molecule has 0 amide bonds. The predicted octanol–water partition coefficient (Wildman–Crippen LogP) is 3.28. The summed E-state index contributed by atoms with van der Waals surface area (Å²) in [7, 11) is 1.66. The molecule has 24 heavy (non-hydrogen) atoms. The fourth-order valence-electron chi connectivity index (χ4n) is 3.29. The molecule has 1 aromatic rings. The molecule has 2 aliphatic heterocycles. The van der Waals surface area contributed by atoms with Crippen LogP contribution in [0.5, 0.6) is 5.75 Å². The second-order valence-electron chi connectivity index (χ2n) is 6.66. The molecule has 0 aromatic heterocycles. The van der Waals surface area contributed by atoms with Gasteiger partial charge in [-0.1, -0.05) is 18.2 Å². The van der Waals surface area contributed by atoms with E-state index in [4.69, 9.17) is 23.7 Å². The molecule has 2 aliphatic rings. The predicted molar refractivity (Wildman–Crippen MR) is 89.7 cm³/mol. The maximum absolute atomic E-state index is 5.99. The molecule has 0 aliphatic carbocycles. The Bertz CT molecular complexity index is 553. The first kappa shape index (κ1) is 17.4. The van der Waals surface area contributed by atoms with Crippen LogP contribution in [0.4, 0.5) is 0 Å². The number of ether oxygens (including phenoxy) is 5. The third kappa shape index (κ3) is 3.81. The Morgan fingerprint density at radius 2 is 1.96 bits per heavy atom. The molecule has 5 heteroatoms. The molecule has 132 valence electrons. The van der Waals surface area contributed by atoms with Crippen LogP contribution in [0.25, 0.3) is 0 Å². The average molecular weight is 334 g/mol. The second-order valence-corrected chi connectivity index (χ2v) is 6.66. The van der Waals surface area contributed by atoms with Gasteiger partial charge in [-0.05, 0) is 38.0 Å². The summed E-state index contributed by atoms with van der Waals surface area (Å²) in [5.41, 5.74) is 1.12. The Kier molecular flexibility index (Phi) is 5.25. The van der Waals surface area contributed by atoms with Crippen molar-refractivity contribution in [3.63, 3.8) is 0 Å². The Hall–Kier alpha value is -1.40. The van der Waals surface area contributed by atoms with Gasteiger partial charge in [-0.3, -0.25) is 0 Å². The van der Waals surface area contributed by atoms with Gasteiger partial charge in [-0.25, -0.2) is 0 Å². The lowest BCUT2D eigenvalue weighted by atomic mass is 9.95. The first-order chi connectivity index (χ1) is 11.5. The average Bonchev–Trinajstić information content (AvgIpc) is 3.03. The SMILES string of the molecule is C=C[C@H]1O[C@@H]2OC(C)(C)O[C@@H]2[C@@H]1CCOCc1ccc(OC)cc1. The maximum Gasteiger partial charge on any atom is 0.188 e. The highest BCUT2D eigenvalue weighted by Crippen LogP contribution is 2.42. The van der Waals surface area contributed by atoms with Crippen LogP contribution in [0.15, 0.2) is 36.9 Å². The second kappa shape index (κ2) is 7.23. The molecule has 0 bridgehead atoms. The lowest BCUT2D eigenvalue weighted by molar-refractivity contribution is -0.205. The Morgan fingerprint density at radius 3 is 2.62 bits per heavy atom. The molecule has 0 saturated carbocycles. The van der Waals surface area contributed by atoms with Crippen molar-refractivity contribution in [2.24, 2.45) is 5.92 Å². The summed E-state index contributed by atoms with van der Waals surface area (Å²) in [6.07, 6.45) is 2.24. The van der Waals surface area contributed by atoms with Gasteiger partial charge in [-0.2, -0.15) is 0 Å².